The molecule has 3 unspecified atom stereocenters. The van der Waals surface area contributed by atoms with Crippen LogP contribution in [0.3, 0.4) is 0 Å². The summed E-state index contributed by atoms with van der Waals surface area (Å²) in [4.78, 5) is 0. The maximum Gasteiger partial charge on any atom is 0.123 e. The predicted octanol–water partition coefficient (Wildman–Crippen LogP) is 2.47. The Labute approximate surface area is 106 Å². The van der Waals surface area contributed by atoms with Crippen molar-refractivity contribution >= 4 is 5.69 Å². The summed E-state index contributed by atoms with van der Waals surface area (Å²) in [5.41, 5.74) is 1.92. The van der Waals surface area contributed by atoms with Gasteiger partial charge in [-0.3, -0.25) is 0 Å². The van der Waals surface area contributed by atoms with Gasteiger partial charge in [0.05, 0.1) is 6.10 Å². The number of aliphatic hydroxyl groups excluding tert-OH is 1. The highest BCUT2D eigenvalue weighted by Gasteiger charge is 2.40. The zero-order valence-electron chi connectivity index (χ0n) is 10.2. The number of ether oxygens (including phenoxy) is 1. The van der Waals surface area contributed by atoms with Gasteiger partial charge in [-0.25, -0.2) is 4.39 Å². The normalized spacial score (nSPS) is 29.6. The molecule has 0 spiro atoms. The molecule has 2 heterocycles. The third-order valence-corrected chi connectivity index (χ3v) is 3.99. The van der Waals surface area contributed by atoms with E-state index in [-0.39, 0.29) is 18.5 Å². The van der Waals surface area contributed by atoms with E-state index in [1.807, 2.05) is 0 Å². The van der Waals surface area contributed by atoms with E-state index >= 15 is 0 Å². The van der Waals surface area contributed by atoms with Crippen LogP contribution in [0.4, 0.5) is 10.1 Å². The highest BCUT2D eigenvalue weighted by atomic mass is 19.1. The Morgan fingerprint density at radius 2 is 2.33 bits per heavy atom. The minimum Gasteiger partial charge on any atom is -0.396 e. The fourth-order valence-corrected chi connectivity index (χ4v) is 3.14. The van der Waals surface area contributed by atoms with Crippen molar-refractivity contribution in [2.75, 3.05) is 18.5 Å². The molecule has 0 aromatic heterocycles. The van der Waals surface area contributed by atoms with Crippen molar-refractivity contribution < 1.29 is 14.2 Å². The first-order valence-electron chi connectivity index (χ1n) is 6.58. The molecular weight excluding hydrogens is 233 g/mol. The quantitative estimate of drug-likeness (QED) is 0.867. The van der Waals surface area contributed by atoms with Gasteiger partial charge in [-0.2, -0.15) is 0 Å². The number of halogens is 1. The Morgan fingerprint density at radius 3 is 3.17 bits per heavy atom. The SMILES string of the molecule is OCCCC1Nc2ccc(F)cc2C2OCCC12. The van der Waals surface area contributed by atoms with E-state index in [4.69, 9.17) is 9.84 Å². The fourth-order valence-electron chi connectivity index (χ4n) is 3.14. The lowest BCUT2D eigenvalue weighted by atomic mass is 9.82. The second-order valence-electron chi connectivity index (χ2n) is 5.09. The van der Waals surface area contributed by atoms with E-state index in [2.05, 4.69) is 5.32 Å². The Bertz CT molecular complexity index is 438. The van der Waals surface area contributed by atoms with Crippen LogP contribution >= 0.6 is 0 Å². The van der Waals surface area contributed by atoms with Gasteiger partial charge in [0.1, 0.15) is 5.82 Å². The lowest BCUT2D eigenvalue weighted by Gasteiger charge is -2.36. The van der Waals surface area contributed by atoms with Crippen molar-refractivity contribution in [1.82, 2.24) is 0 Å². The van der Waals surface area contributed by atoms with Gasteiger partial charge < -0.3 is 15.2 Å². The van der Waals surface area contributed by atoms with Crippen LogP contribution in [-0.4, -0.2) is 24.4 Å². The van der Waals surface area contributed by atoms with Gasteiger partial charge in [-0.1, -0.05) is 0 Å². The van der Waals surface area contributed by atoms with E-state index in [0.717, 1.165) is 37.1 Å². The fraction of sp³-hybridized carbons (Fsp3) is 0.571. The molecule has 0 radical (unpaired) electrons. The largest absolute Gasteiger partial charge is 0.396 e. The molecule has 2 aliphatic heterocycles. The summed E-state index contributed by atoms with van der Waals surface area (Å²) < 4.78 is 19.1. The lowest BCUT2D eigenvalue weighted by molar-refractivity contribution is 0.0810. The number of rotatable bonds is 3. The average Bonchev–Trinajstić information content (AvgIpc) is 2.86. The Kier molecular flexibility index (Phi) is 3.22. The van der Waals surface area contributed by atoms with Crippen LogP contribution in [0.5, 0.6) is 0 Å². The van der Waals surface area contributed by atoms with E-state index < -0.39 is 0 Å². The molecule has 18 heavy (non-hydrogen) atoms. The van der Waals surface area contributed by atoms with Crippen molar-refractivity contribution in [3.63, 3.8) is 0 Å². The van der Waals surface area contributed by atoms with Crippen LogP contribution in [0.1, 0.15) is 30.9 Å². The van der Waals surface area contributed by atoms with Gasteiger partial charge in [-0.05, 0) is 37.5 Å². The lowest BCUT2D eigenvalue weighted by Crippen LogP contribution is -2.36. The second kappa shape index (κ2) is 4.86. The standard InChI is InChI=1S/C14H18FNO2/c15-9-3-4-13-11(8-9)14-10(5-7-18-14)12(16-13)2-1-6-17/h3-4,8,10,12,14,16-17H,1-2,5-7H2. The minimum atomic E-state index is -0.210. The second-order valence-corrected chi connectivity index (χ2v) is 5.09. The summed E-state index contributed by atoms with van der Waals surface area (Å²) in [5.74, 6) is 0.185. The van der Waals surface area contributed by atoms with Crippen molar-refractivity contribution in [1.29, 1.82) is 0 Å². The van der Waals surface area contributed by atoms with E-state index in [9.17, 15) is 4.39 Å². The molecule has 3 rings (SSSR count). The number of anilines is 1. The van der Waals surface area contributed by atoms with Crippen molar-refractivity contribution in [2.24, 2.45) is 5.92 Å². The van der Waals surface area contributed by atoms with Gasteiger partial charge in [-0.15, -0.1) is 0 Å². The molecular formula is C14H18FNO2. The van der Waals surface area contributed by atoms with Crippen molar-refractivity contribution in [3.05, 3.63) is 29.6 Å². The monoisotopic (exact) mass is 251 g/mol. The van der Waals surface area contributed by atoms with Gasteiger partial charge in [0.2, 0.25) is 0 Å². The summed E-state index contributed by atoms with van der Waals surface area (Å²) in [6.45, 7) is 0.954. The molecule has 0 bridgehead atoms. The summed E-state index contributed by atoms with van der Waals surface area (Å²) in [6, 6.07) is 5.16. The molecule has 2 aliphatic rings. The van der Waals surface area contributed by atoms with E-state index in [1.165, 1.54) is 6.07 Å². The third-order valence-electron chi connectivity index (χ3n) is 3.99. The molecule has 0 aliphatic carbocycles. The summed E-state index contributed by atoms with van der Waals surface area (Å²) in [7, 11) is 0. The minimum absolute atomic E-state index is 0.0145. The number of hydrogen-bond donors (Lipinski definition) is 2. The highest BCUT2D eigenvalue weighted by molar-refractivity contribution is 5.56. The van der Waals surface area contributed by atoms with Crippen molar-refractivity contribution in [3.8, 4) is 0 Å². The maximum atomic E-state index is 13.3. The summed E-state index contributed by atoms with van der Waals surface area (Å²) in [5, 5.41) is 12.4. The predicted molar refractivity (Wildman–Crippen MR) is 66.9 cm³/mol. The van der Waals surface area contributed by atoms with Crippen LogP contribution in [-0.2, 0) is 4.74 Å². The first-order valence-corrected chi connectivity index (χ1v) is 6.58. The van der Waals surface area contributed by atoms with Crippen LogP contribution < -0.4 is 5.32 Å². The van der Waals surface area contributed by atoms with Gasteiger partial charge in [0, 0.05) is 36.4 Å². The molecule has 1 aromatic carbocycles. The molecule has 0 saturated carbocycles. The Morgan fingerprint density at radius 1 is 1.44 bits per heavy atom. The summed E-state index contributed by atoms with van der Waals surface area (Å²) >= 11 is 0. The van der Waals surface area contributed by atoms with Crippen LogP contribution in [0.15, 0.2) is 18.2 Å². The molecule has 2 N–H and O–H groups in total. The summed E-state index contributed by atoms with van der Waals surface area (Å²) in [6.07, 6.45) is 2.74. The Hall–Kier alpha value is -1.13. The number of aliphatic hydroxyl groups is 1. The van der Waals surface area contributed by atoms with Gasteiger partial charge in [0.25, 0.3) is 0 Å². The highest BCUT2D eigenvalue weighted by Crippen LogP contribution is 2.45. The molecule has 0 amide bonds. The van der Waals surface area contributed by atoms with Gasteiger partial charge >= 0.3 is 0 Å². The first kappa shape index (κ1) is 11.9. The smallest absolute Gasteiger partial charge is 0.123 e. The van der Waals surface area contributed by atoms with Crippen LogP contribution in [0.2, 0.25) is 0 Å². The van der Waals surface area contributed by atoms with Crippen LogP contribution in [0, 0.1) is 11.7 Å². The van der Waals surface area contributed by atoms with Crippen LogP contribution in [0.25, 0.3) is 0 Å². The molecule has 4 heteroatoms. The van der Waals surface area contributed by atoms with E-state index in [0.29, 0.717) is 12.0 Å². The van der Waals surface area contributed by atoms with Gasteiger partial charge in [0.15, 0.2) is 0 Å². The average molecular weight is 251 g/mol. The number of hydrogen-bond acceptors (Lipinski definition) is 3. The number of fused-ring (bicyclic) bond motifs is 3. The Balaban J connectivity index is 1.89. The first-order chi connectivity index (χ1) is 8.79. The number of benzene rings is 1. The molecule has 1 fully saturated rings. The molecule has 3 atom stereocenters. The maximum absolute atomic E-state index is 13.3. The molecule has 98 valence electrons. The third kappa shape index (κ3) is 1.99. The van der Waals surface area contributed by atoms with Crippen molar-refractivity contribution in [2.45, 2.75) is 31.4 Å². The number of nitrogens with one attached hydrogen (secondary N) is 1. The zero-order chi connectivity index (χ0) is 12.5. The molecule has 1 aromatic rings. The topological polar surface area (TPSA) is 41.5 Å². The molecule has 3 nitrogen and oxygen atoms in total. The van der Waals surface area contributed by atoms with E-state index in [1.54, 1.807) is 12.1 Å². The zero-order valence-corrected chi connectivity index (χ0v) is 10.2. The molecule has 1 saturated heterocycles.